The fourth-order valence-corrected chi connectivity index (χ4v) is 1.93. The first-order valence-electron chi connectivity index (χ1n) is 5.69. The molecule has 0 aliphatic heterocycles. The van der Waals surface area contributed by atoms with Crippen molar-refractivity contribution in [3.63, 3.8) is 0 Å². The van der Waals surface area contributed by atoms with Crippen LogP contribution >= 0.6 is 0 Å². The van der Waals surface area contributed by atoms with Crippen molar-refractivity contribution in [1.29, 1.82) is 0 Å². The summed E-state index contributed by atoms with van der Waals surface area (Å²) in [5.41, 5.74) is 1.67. The summed E-state index contributed by atoms with van der Waals surface area (Å²) in [7, 11) is 0. The predicted octanol–water partition coefficient (Wildman–Crippen LogP) is 2.31. The summed E-state index contributed by atoms with van der Waals surface area (Å²) in [5.74, 6) is 0.742. The van der Waals surface area contributed by atoms with Crippen molar-refractivity contribution < 1.29 is 4.79 Å². The molecule has 2 N–H and O–H groups in total. The summed E-state index contributed by atoms with van der Waals surface area (Å²) in [4.78, 5) is 15.1. The summed E-state index contributed by atoms with van der Waals surface area (Å²) < 4.78 is 0. The standard InChI is InChI=1S/C13H14N2O/c16-13(15-8-9-4-5-9)11-3-1-2-10-6-7-14-12(10)11/h1-3,6-7,9,14H,4-5,8H2,(H,15,16). The number of amides is 1. The third kappa shape index (κ3) is 1.69. The fourth-order valence-electron chi connectivity index (χ4n) is 1.93. The number of para-hydroxylation sites is 1. The molecule has 0 saturated heterocycles. The maximum atomic E-state index is 12.0. The van der Waals surface area contributed by atoms with Crippen LogP contribution in [0.3, 0.4) is 0 Å². The van der Waals surface area contributed by atoms with E-state index in [1.165, 1.54) is 12.8 Å². The maximum absolute atomic E-state index is 12.0. The van der Waals surface area contributed by atoms with Gasteiger partial charge in [-0.05, 0) is 30.9 Å². The van der Waals surface area contributed by atoms with Crippen LogP contribution in [0.25, 0.3) is 10.9 Å². The van der Waals surface area contributed by atoms with E-state index in [-0.39, 0.29) is 5.91 Å². The van der Waals surface area contributed by atoms with Crippen LogP contribution in [0, 0.1) is 5.92 Å². The quantitative estimate of drug-likeness (QED) is 0.809. The number of aromatic nitrogens is 1. The van der Waals surface area contributed by atoms with E-state index >= 15 is 0 Å². The van der Waals surface area contributed by atoms with Crippen LogP contribution in [0.5, 0.6) is 0 Å². The number of nitrogens with one attached hydrogen (secondary N) is 2. The molecule has 82 valence electrons. The van der Waals surface area contributed by atoms with Gasteiger partial charge in [0.2, 0.25) is 0 Å². The summed E-state index contributed by atoms with van der Waals surface area (Å²) in [6, 6.07) is 7.76. The number of aromatic amines is 1. The number of hydrogen-bond acceptors (Lipinski definition) is 1. The molecule has 0 atom stereocenters. The Bertz CT molecular complexity index is 525. The van der Waals surface area contributed by atoms with Gasteiger partial charge in [-0.1, -0.05) is 12.1 Å². The molecule has 1 aliphatic rings. The molecule has 0 spiro atoms. The second kappa shape index (κ2) is 3.67. The van der Waals surface area contributed by atoms with E-state index in [1.54, 1.807) is 0 Å². The van der Waals surface area contributed by atoms with Gasteiger partial charge in [0.15, 0.2) is 0 Å². The molecule has 0 unspecified atom stereocenters. The van der Waals surface area contributed by atoms with E-state index in [4.69, 9.17) is 0 Å². The molecule has 0 bridgehead atoms. The van der Waals surface area contributed by atoms with Crippen molar-refractivity contribution in [3.05, 3.63) is 36.0 Å². The molecule has 2 aromatic rings. The highest BCUT2D eigenvalue weighted by molar-refractivity contribution is 6.05. The van der Waals surface area contributed by atoms with Gasteiger partial charge in [0.1, 0.15) is 0 Å². The van der Waals surface area contributed by atoms with E-state index in [0.717, 1.165) is 23.0 Å². The fraction of sp³-hybridized carbons (Fsp3) is 0.308. The minimum Gasteiger partial charge on any atom is -0.361 e. The lowest BCUT2D eigenvalue weighted by molar-refractivity contribution is 0.0953. The zero-order chi connectivity index (χ0) is 11.0. The SMILES string of the molecule is O=C(NCC1CC1)c1cccc2cc[nH]c12. The molecule has 1 fully saturated rings. The van der Waals surface area contributed by atoms with Crippen LogP contribution in [0.2, 0.25) is 0 Å². The molecule has 3 rings (SSSR count). The highest BCUT2D eigenvalue weighted by atomic mass is 16.1. The van der Waals surface area contributed by atoms with Gasteiger partial charge in [0.25, 0.3) is 5.91 Å². The smallest absolute Gasteiger partial charge is 0.253 e. The number of hydrogen-bond donors (Lipinski definition) is 2. The van der Waals surface area contributed by atoms with Crippen LogP contribution in [0.1, 0.15) is 23.2 Å². The van der Waals surface area contributed by atoms with E-state index in [1.807, 2.05) is 30.5 Å². The maximum Gasteiger partial charge on any atom is 0.253 e. The highest BCUT2D eigenvalue weighted by Gasteiger charge is 2.22. The van der Waals surface area contributed by atoms with Gasteiger partial charge in [-0.15, -0.1) is 0 Å². The Morgan fingerprint density at radius 2 is 2.25 bits per heavy atom. The molecule has 1 aromatic heterocycles. The van der Waals surface area contributed by atoms with Gasteiger partial charge >= 0.3 is 0 Å². The van der Waals surface area contributed by atoms with Crippen molar-refractivity contribution in [3.8, 4) is 0 Å². The number of fused-ring (bicyclic) bond motifs is 1. The van der Waals surface area contributed by atoms with Gasteiger partial charge in [0, 0.05) is 18.1 Å². The Morgan fingerprint density at radius 1 is 1.38 bits per heavy atom. The number of carbonyl (C=O) groups excluding carboxylic acids is 1. The van der Waals surface area contributed by atoms with Gasteiger partial charge in [-0.2, -0.15) is 0 Å². The molecule has 3 nitrogen and oxygen atoms in total. The lowest BCUT2D eigenvalue weighted by Gasteiger charge is -2.05. The summed E-state index contributed by atoms with van der Waals surface area (Å²) >= 11 is 0. The van der Waals surface area contributed by atoms with Crippen molar-refractivity contribution in [1.82, 2.24) is 10.3 Å². The number of H-pyrrole nitrogens is 1. The first-order chi connectivity index (χ1) is 7.84. The monoisotopic (exact) mass is 214 g/mol. The lowest BCUT2D eigenvalue weighted by Crippen LogP contribution is -2.25. The lowest BCUT2D eigenvalue weighted by atomic mass is 10.1. The summed E-state index contributed by atoms with van der Waals surface area (Å²) in [6.07, 6.45) is 4.38. The number of rotatable bonds is 3. The average Bonchev–Trinajstić information content (AvgIpc) is 3.01. The van der Waals surface area contributed by atoms with Crippen molar-refractivity contribution in [2.75, 3.05) is 6.54 Å². The molecular weight excluding hydrogens is 200 g/mol. The molecule has 1 aliphatic carbocycles. The van der Waals surface area contributed by atoms with Gasteiger partial charge < -0.3 is 10.3 Å². The Balaban J connectivity index is 1.85. The molecule has 16 heavy (non-hydrogen) atoms. The normalized spacial score (nSPS) is 15.2. The Morgan fingerprint density at radius 3 is 3.06 bits per heavy atom. The van der Waals surface area contributed by atoms with E-state index in [2.05, 4.69) is 10.3 Å². The Hall–Kier alpha value is -1.77. The molecule has 1 amide bonds. The summed E-state index contributed by atoms with van der Waals surface area (Å²) in [5, 5.41) is 4.07. The minimum absolute atomic E-state index is 0.0277. The molecule has 1 heterocycles. The van der Waals surface area contributed by atoms with E-state index in [0.29, 0.717) is 5.92 Å². The first kappa shape index (κ1) is 9.46. The third-order valence-electron chi connectivity index (χ3n) is 3.08. The third-order valence-corrected chi connectivity index (χ3v) is 3.08. The summed E-state index contributed by atoms with van der Waals surface area (Å²) in [6.45, 7) is 0.815. The second-order valence-corrected chi connectivity index (χ2v) is 4.40. The van der Waals surface area contributed by atoms with Gasteiger partial charge in [0.05, 0.1) is 11.1 Å². The molecule has 1 saturated carbocycles. The second-order valence-electron chi connectivity index (χ2n) is 4.40. The minimum atomic E-state index is 0.0277. The van der Waals surface area contributed by atoms with Crippen molar-refractivity contribution >= 4 is 16.8 Å². The molecule has 3 heteroatoms. The van der Waals surface area contributed by atoms with Gasteiger partial charge in [-0.3, -0.25) is 4.79 Å². The van der Waals surface area contributed by atoms with E-state index in [9.17, 15) is 4.79 Å². The van der Waals surface area contributed by atoms with Crippen LogP contribution in [-0.2, 0) is 0 Å². The average molecular weight is 214 g/mol. The molecule has 1 aromatic carbocycles. The zero-order valence-corrected chi connectivity index (χ0v) is 8.99. The zero-order valence-electron chi connectivity index (χ0n) is 8.99. The van der Waals surface area contributed by atoms with Crippen LogP contribution < -0.4 is 5.32 Å². The van der Waals surface area contributed by atoms with Crippen LogP contribution in [0.4, 0.5) is 0 Å². The number of carbonyl (C=O) groups is 1. The van der Waals surface area contributed by atoms with E-state index < -0.39 is 0 Å². The number of benzene rings is 1. The van der Waals surface area contributed by atoms with Crippen LogP contribution in [-0.4, -0.2) is 17.4 Å². The largest absolute Gasteiger partial charge is 0.361 e. The first-order valence-corrected chi connectivity index (χ1v) is 5.69. The topological polar surface area (TPSA) is 44.9 Å². The predicted molar refractivity (Wildman–Crippen MR) is 63.4 cm³/mol. The molecular formula is C13H14N2O. The van der Waals surface area contributed by atoms with Crippen molar-refractivity contribution in [2.45, 2.75) is 12.8 Å². The Kier molecular flexibility index (Phi) is 2.17. The highest BCUT2D eigenvalue weighted by Crippen LogP contribution is 2.27. The molecule has 0 radical (unpaired) electrons. The van der Waals surface area contributed by atoms with Crippen molar-refractivity contribution in [2.24, 2.45) is 5.92 Å². The van der Waals surface area contributed by atoms with Gasteiger partial charge in [-0.25, -0.2) is 0 Å². The van der Waals surface area contributed by atoms with Crippen LogP contribution in [0.15, 0.2) is 30.5 Å². The Labute approximate surface area is 93.9 Å².